The molecule has 0 spiro atoms. The highest BCUT2D eigenvalue weighted by Crippen LogP contribution is 2.15. The third-order valence-electron chi connectivity index (χ3n) is 2.42. The van der Waals surface area contributed by atoms with Crippen molar-refractivity contribution in [1.82, 2.24) is 14.6 Å². The number of nitrogens with zero attached hydrogens (tertiary/aromatic N) is 3. The average molecular weight is 252 g/mol. The zero-order valence-corrected chi connectivity index (χ0v) is 10.7. The minimum atomic E-state index is -0.742. The highest BCUT2D eigenvalue weighted by molar-refractivity contribution is 7.98. The quantitative estimate of drug-likeness (QED) is 0.838. The Bertz CT molecular complexity index is 497. The number of aromatic nitrogens is 3. The Labute approximate surface area is 104 Å². The first-order valence-electron chi connectivity index (χ1n) is 5.36. The van der Waals surface area contributed by atoms with Crippen molar-refractivity contribution in [3.8, 4) is 0 Å². The second-order valence-corrected chi connectivity index (χ2v) is 5.09. The van der Waals surface area contributed by atoms with Crippen LogP contribution in [0.2, 0.25) is 0 Å². The second kappa shape index (κ2) is 4.93. The number of rotatable bonds is 5. The molecule has 0 amide bonds. The van der Waals surface area contributed by atoms with E-state index in [0.29, 0.717) is 12.3 Å². The molecule has 0 saturated heterocycles. The van der Waals surface area contributed by atoms with Gasteiger partial charge in [-0.1, -0.05) is 0 Å². The van der Waals surface area contributed by atoms with Crippen LogP contribution >= 0.6 is 11.8 Å². The average Bonchev–Trinajstić information content (AvgIpc) is 2.74. The maximum Gasteiger partial charge on any atom is 0.152 e. The first-order valence-corrected chi connectivity index (χ1v) is 6.75. The summed E-state index contributed by atoms with van der Waals surface area (Å²) in [6.45, 7) is 2.28. The molecule has 0 aliphatic heterocycles. The minimum absolute atomic E-state index is 0.464. The van der Waals surface area contributed by atoms with Crippen LogP contribution in [0.15, 0.2) is 24.7 Å². The van der Waals surface area contributed by atoms with Crippen LogP contribution in [0, 0.1) is 0 Å². The molecule has 2 heterocycles. The van der Waals surface area contributed by atoms with Crippen LogP contribution in [0.4, 0.5) is 5.82 Å². The van der Waals surface area contributed by atoms with E-state index in [4.69, 9.17) is 0 Å². The van der Waals surface area contributed by atoms with Gasteiger partial charge in [0.2, 0.25) is 0 Å². The van der Waals surface area contributed by atoms with Gasteiger partial charge in [-0.15, -0.1) is 0 Å². The van der Waals surface area contributed by atoms with Crippen molar-refractivity contribution < 1.29 is 5.11 Å². The van der Waals surface area contributed by atoms with Gasteiger partial charge < -0.3 is 10.4 Å². The van der Waals surface area contributed by atoms with E-state index in [9.17, 15) is 5.11 Å². The van der Waals surface area contributed by atoms with E-state index < -0.39 is 5.60 Å². The van der Waals surface area contributed by atoms with Gasteiger partial charge >= 0.3 is 0 Å². The summed E-state index contributed by atoms with van der Waals surface area (Å²) in [5, 5.41) is 17.4. The fourth-order valence-electron chi connectivity index (χ4n) is 1.63. The molecule has 1 unspecified atom stereocenters. The van der Waals surface area contributed by atoms with Gasteiger partial charge in [-0.2, -0.15) is 16.9 Å². The fourth-order valence-corrected chi connectivity index (χ4v) is 2.35. The lowest BCUT2D eigenvalue weighted by molar-refractivity contribution is 0.0996. The summed E-state index contributed by atoms with van der Waals surface area (Å²) in [4.78, 5) is 4.25. The smallest absolute Gasteiger partial charge is 0.152 e. The topological polar surface area (TPSA) is 62.5 Å². The summed E-state index contributed by atoms with van der Waals surface area (Å²) in [5.74, 6) is 1.42. The molecule has 2 rings (SSSR count). The Kier molecular flexibility index (Phi) is 3.54. The summed E-state index contributed by atoms with van der Waals surface area (Å²) in [6.07, 6.45) is 7.18. The van der Waals surface area contributed by atoms with Crippen LogP contribution in [0.25, 0.3) is 5.52 Å². The number of nitrogens with one attached hydrogen (secondary N) is 1. The number of thioether (sulfide) groups is 1. The van der Waals surface area contributed by atoms with Crippen molar-refractivity contribution in [2.75, 3.05) is 23.9 Å². The lowest BCUT2D eigenvalue weighted by Gasteiger charge is -2.22. The minimum Gasteiger partial charge on any atom is -0.387 e. The van der Waals surface area contributed by atoms with Crippen molar-refractivity contribution in [2.45, 2.75) is 12.5 Å². The highest BCUT2D eigenvalue weighted by Gasteiger charge is 2.19. The van der Waals surface area contributed by atoms with Gasteiger partial charge in [-0.25, -0.2) is 9.50 Å². The molecule has 1 atom stereocenters. The van der Waals surface area contributed by atoms with Crippen LogP contribution in [0.3, 0.4) is 0 Å². The molecular weight excluding hydrogens is 236 g/mol. The van der Waals surface area contributed by atoms with E-state index in [1.54, 1.807) is 34.9 Å². The van der Waals surface area contributed by atoms with Gasteiger partial charge in [0.05, 0.1) is 11.8 Å². The van der Waals surface area contributed by atoms with E-state index in [-0.39, 0.29) is 0 Å². The summed E-state index contributed by atoms with van der Waals surface area (Å²) < 4.78 is 1.75. The lowest BCUT2D eigenvalue weighted by Crippen LogP contribution is -2.36. The monoisotopic (exact) mass is 252 g/mol. The van der Waals surface area contributed by atoms with Crippen LogP contribution < -0.4 is 5.32 Å². The summed E-state index contributed by atoms with van der Waals surface area (Å²) in [5.41, 5.74) is 0.168. The summed E-state index contributed by atoms with van der Waals surface area (Å²) >= 11 is 1.62. The maximum atomic E-state index is 10.1. The lowest BCUT2D eigenvalue weighted by atomic mass is 10.1. The van der Waals surface area contributed by atoms with Crippen molar-refractivity contribution in [3.63, 3.8) is 0 Å². The summed E-state index contributed by atoms with van der Waals surface area (Å²) in [7, 11) is 0. The molecule has 6 heteroatoms. The van der Waals surface area contributed by atoms with E-state index >= 15 is 0 Å². The van der Waals surface area contributed by atoms with Gasteiger partial charge in [0.1, 0.15) is 5.52 Å². The van der Waals surface area contributed by atoms with E-state index in [2.05, 4.69) is 15.4 Å². The Hall–Kier alpha value is -1.27. The van der Waals surface area contributed by atoms with E-state index in [1.165, 1.54) is 0 Å². The standard InChI is InChI=1S/C11H16N4OS/c1-11(16,8-17-2)7-13-10-9-3-4-14-15(9)6-5-12-10/h3-6,16H,7-8H2,1-2H3,(H,12,13). The van der Waals surface area contributed by atoms with Crippen LogP contribution in [0.5, 0.6) is 0 Å². The van der Waals surface area contributed by atoms with Crippen LogP contribution in [-0.2, 0) is 0 Å². The van der Waals surface area contributed by atoms with Gasteiger partial charge in [-0.05, 0) is 19.2 Å². The van der Waals surface area contributed by atoms with Crippen molar-refractivity contribution in [2.24, 2.45) is 0 Å². The first kappa shape index (κ1) is 12.2. The molecule has 0 fully saturated rings. The second-order valence-electron chi connectivity index (χ2n) is 4.22. The molecule has 92 valence electrons. The third-order valence-corrected chi connectivity index (χ3v) is 3.33. The number of aliphatic hydroxyl groups is 1. The van der Waals surface area contributed by atoms with E-state index in [0.717, 1.165) is 11.3 Å². The van der Waals surface area contributed by atoms with Crippen molar-refractivity contribution in [1.29, 1.82) is 0 Å². The van der Waals surface area contributed by atoms with Crippen molar-refractivity contribution in [3.05, 3.63) is 24.7 Å². The molecular formula is C11H16N4OS. The Morgan fingerprint density at radius 1 is 1.53 bits per heavy atom. The Balaban J connectivity index is 2.11. The molecule has 0 bridgehead atoms. The summed E-state index contributed by atoms with van der Waals surface area (Å²) in [6, 6.07) is 1.89. The predicted molar refractivity (Wildman–Crippen MR) is 70.5 cm³/mol. The van der Waals surface area contributed by atoms with Crippen molar-refractivity contribution >= 4 is 23.1 Å². The van der Waals surface area contributed by atoms with Gasteiger partial charge in [0.15, 0.2) is 5.82 Å². The highest BCUT2D eigenvalue weighted by atomic mass is 32.2. The van der Waals surface area contributed by atoms with E-state index in [1.807, 2.05) is 19.2 Å². The van der Waals surface area contributed by atoms with Crippen LogP contribution in [0.1, 0.15) is 6.92 Å². The normalized spacial score (nSPS) is 14.8. The zero-order valence-electron chi connectivity index (χ0n) is 9.92. The van der Waals surface area contributed by atoms with Gasteiger partial charge in [0.25, 0.3) is 0 Å². The third kappa shape index (κ3) is 2.89. The molecule has 2 aromatic rings. The molecule has 0 aliphatic carbocycles. The van der Waals surface area contributed by atoms with Gasteiger partial charge in [-0.3, -0.25) is 0 Å². The SMILES string of the molecule is CSCC(C)(O)CNc1nccn2nccc12. The number of fused-ring (bicyclic) bond motifs is 1. The number of hydrogen-bond donors (Lipinski definition) is 2. The molecule has 2 N–H and O–H groups in total. The largest absolute Gasteiger partial charge is 0.387 e. The Morgan fingerprint density at radius 2 is 2.35 bits per heavy atom. The maximum absolute atomic E-state index is 10.1. The number of anilines is 1. The van der Waals surface area contributed by atoms with Gasteiger partial charge in [0, 0.05) is 24.7 Å². The molecule has 0 aliphatic rings. The zero-order chi connectivity index (χ0) is 12.3. The fraction of sp³-hybridized carbons (Fsp3) is 0.455. The first-order chi connectivity index (χ1) is 8.12. The number of hydrogen-bond acceptors (Lipinski definition) is 5. The molecule has 0 aromatic carbocycles. The molecule has 2 aromatic heterocycles. The Morgan fingerprint density at radius 3 is 3.12 bits per heavy atom. The molecule has 0 saturated carbocycles. The molecule has 0 radical (unpaired) electrons. The van der Waals surface area contributed by atoms with Crippen LogP contribution in [-0.4, -0.2) is 43.9 Å². The molecule has 5 nitrogen and oxygen atoms in total. The predicted octanol–water partition coefficient (Wildman–Crippen LogP) is 1.26. The molecule has 17 heavy (non-hydrogen) atoms.